The van der Waals surface area contributed by atoms with Crippen molar-refractivity contribution in [2.45, 2.75) is 57.7 Å². The predicted octanol–water partition coefficient (Wildman–Crippen LogP) is 2.27. The van der Waals surface area contributed by atoms with Crippen LogP contribution in [0.15, 0.2) is 12.1 Å². The molecular weight excluding hydrogens is 253 g/mol. The third-order valence-electron chi connectivity index (χ3n) is 4.63. The summed E-state index contributed by atoms with van der Waals surface area (Å²) in [5, 5.41) is 0. The Bertz CT molecular complexity index is 510. The molecule has 2 aliphatic rings. The number of methoxy groups -OCH3 is 1. The van der Waals surface area contributed by atoms with E-state index in [0.717, 1.165) is 5.59 Å². The van der Waals surface area contributed by atoms with E-state index in [2.05, 4.69) is 38.7 Å². The number of hydrogen-bond acceptors (Lipinski definition) is 4. The van der Waals surface area contributed by atoms with Gasteiger partial charge in [-0.3, -0.25) is 0 Å². The lowest BCUT2D eigenvalue weighted by Gasteiger charge is -2.32. The van der Waals surface area contributed by atoms with Gasteiger partial charge in [-0.15, -0.1) is 0 Å². The molecule has 0 bridgehead atoms. The molecule has 20 heavy (non-hydrogen) atoms. The minimum atomic E-state index is -0.411. The summed E-state index contributed by atoms with van der Waals surface area (Å²) in [6, 6.07) is 4.02. The second-order valence-electron chi connectivity index (χ2n) is 6.69. The van der Waals surface area contributed by atoms with Crippen molar-refractivity contribution in [3.05, 3.63) is 17.7 Å². The van der Waals surface area contributed by atoms with Crippen LogP contribution in [0, 0.1) is 0 Å². The van der Waals surface area contributed by atoms with E-state index < -0.39 is 7.12 Å². The maximum absolute atomic E-state index is 6.13. The summed E-state index contributed by atoms with van der Waals surface area (Å²) in [7, 11) is 1.22. The van der Waals surface area contributed by atoms with E-state index in [-0.39, 0.29) is 11.2 Å². The van der Waals surface area contributed by atoms with Crippen molar-refractivity contribution in [1.29, 1.82) is 0 Å². The van der Waals surface area contributed by atoms with E-state index in [4.69, 9.17) is 14.0 Å². The molecule has 108 valence electrons. The molecule has 0 amide bonds. The predicted molar refractivity (Wildman–Crippen MR) is 78.5 cm³/mol. The SMILES string of the molecule is COc1ccc(C2CC2)c(B2OC(C)(C)C(C)(C)O2)n1. The number of hydrogen-bond donors (Lipinski definition) is 0. The Hall–Kier alpha value is -1.07. The van der Waals surface area contributed by atoms with Crippen molar-refractivity contribution in [2.75, 3.05) is 7.11 Å². The zero-order chi connectivity index (χ0) is 14.5. The summed E-state index contributed by atoms with van der Waals surface area (Å²) in [6.45, 7) is 8.24. The molecule has 0 aromatic carbocycles. The van der Waals surface area contributed by atoms with Crippen LogP contribution in [0.5, 0.6) is 5.88 Å². The van der Waals surface area contributed by atoms with E-state index in [0.29, 0.717) is 11.8 Å². The molecule has 2 fully saturated rings. The van der Waals surface area contributed by atoms with Crippen LogP contribution >= 0.6 is 0 Å². The van der Waals surface area contributed by atoms with Gasteiger partial charge in [0.15, 0.2) is 0 Å². The van der Waals surface area contributed by atoms with Gasteiger partial charge in [-0.25, -0.2) is 4.98 Å². The topological polar surface area (TPSA) is 40.6 Å². The maximum Gasteiger partial charge on any atom is 0.514 e. The van der Waals surface area contributed by atoms with E-state index in [1.165, 1.54) is 18.4 Å². The molecule has 0 unspecified atom stereocenters. The average molecular weight is 275 g/mol. The molecule has 0 N–H and O–H groups in total. The molecule has 5 heteroatoms. The highest BCUT2D eigenvalue weighted by Gasteiger charge is 2.53. The average Bonchev–Trinajstić information content (AvgIpc) is 3.17. The standard InChI is InChI=1S/C15H22BNO3/c1-14(2)15(3,4)20-16(19-14)13-11(10-6-7-10)8-9-12(17-13)18-5/h8-10H,6-7H2,1-5H3. The van der Waals surface area contributed by atoms with E-state index in [1.54, 1.807) is 7.11 Å². The lowest BCUT2D eigenvalue weighted by Crippen LogP contribution is -2.41. The van der Waals surface area contributed by atoms with Gasteiger partial charge in [0.1, 0.15) is 0 Å². The van der Waals surface area contributed by atoms with Crippen molar-refractivity contribution in [3.8, 4) is 5.88 Å². The van der Waals surface area contributed by atoms with E-state index >= 15 is 0 Å². The first kappa shape index (κ1) is 13.9. The fourth-order valence-electron chi connectivity index (χ4n) is 2.46. The Morgan fingerprint density at radius 3 is 2.25 bits per heavy atom. The first-order valence-electron chi connectivity index (χ1n) is 7.24. The number of rotatable bonds is 3. The summed E-state index contributed by atoms with van der Waals surface area (Å²) in [6.07, 6.45) is 2.45. The van der Waals surface area contributed by atoms with E-state index in [9.17, 15) is 0 Å². The molecule has 1 saturated heterocycles. The van der Waals surface area contributed by atoms with Crippen molar-refractivity contribution in [3.63, 3.8) is 0 Å². The molecular formula is C15H22BNO3. The van der Waals surface area contributed by atoms with E-state index in [1.807, 2.05) is 6.07 Å². The fourth-order valence-corrected chi connectivity index (χ4v) is 2.46. The van der Waals surface area contributed by atoms with Gasteiger partial charge in [0, 0.05) is 6.07 Å². The number of pyridine rings is 1. The molecule has 0 spiro atoms. The number of ether oxygens (including phenoxy) is 1. The van der Waals surface area contributed by atoms with Crippen LogP contribution in [-0.2, 0) is 9.31 Å². The molecule has 1 aromatic rings. The summed E-state index contributed by atoms with van der Waals surface area (Å²) in [5.41, 5.74) is 1.43. The van der Waals surface area contributed by atoms with Gasteiger partial charge in [0.05, 0.1) is 23.9 Å². The van der Waals surface area contributed by atoms with Gasteiger partial charge < -0.3 is 14.0 Å². The maximum atomic E-state index is 6.13. The van der Waals surface area contributed by atoms with Crippen LogP contribution < -0.4 is 10.3 Å². The lowest BCUT2D eigenvalue weighted by atomic mass is 9.79. The van der Waals surface area contributed by atoms with Crippen LogP contribution in [0.25, 0.3) is 0 Å². The Labute approximate surface area is 121 Å². The van der Waals surface area contributed by atoms with Crippen molar-refractivity contribution < 1.29 is 14.0 Å². The minimum absolute atomic E-state index is 0.344. The van der Waals surface area contributed by atoms with Crippen LogP contribution in [0.4, 0.5) is 0 Å². The second-order valence-corrected chi connectivity index (χ2v) is 6.69. The Balaban J connectivity index is 1.97. The minimum Gasteiger partial charge on any atom is -0.481 e. The molecule has 0 atom stereocenters. The summed E-state index contributed by atoms with van der Waals surface area (Å²) < 4.78 is 17.5. The molecule has 2 heterocycles. The van der Waals surface area contributed by atoms with Gasteiger partial charge in [0.25, 0.3) is 0 Å². The lowest BCUT2D eigenvalue weighted by molar-refractivity contribution is 0.00578. The third kappa shape index (κ3) is 2.23. The van der Waals surface area contributed by atoms with Crippen molar-refractivity contribution in [2.24, 2.45) is 0 Å². The highest BCUT2D eigenvalue weighted by Crippen LogP contribution is 2.41. The first-order valence-corrected chi connectivity index (χ1v) is 7.24. The molecule has 1 aliphatic heterocycles. The summed E-state index contributed by atoms with van der Waals surface area (Å²) in [4.78, 5) is 4.59. The highest BCUT2D eigenvalue weighted by molar-refractivity contribution is 6.61. The Kier molecular flexibility index (Phi) is 3.10. The smallest absolute Gasteiger partial charge is 0.481 e. The van der Waals surface area contributed by atoms with Crippen molar-refractivity contribution >= 4 is 12.7 Å². The number of nitrogens with zero attached hydrogens (tertiary/aromatic N) is 1. The van der Waals surface area contributed by atoms with Gasteiger partial charge in [-0.2, -0.15) is 0 Å². The monoisotopic (exact) mass is 275 g/mol. The first-order chi connectivity index (χ1) is 9.34. The largest absolute Gasteiger partial charge is 0.514 e. The fraction of sp³-hybridized carbons (Fsp3) is 0.667. The van der Waals surface area contributed by atoms with Crippen LogP contribution in [0.3, 0.4) is 0 Å². The zero-order valence-electron chi connectivity index (χ0n) is 12.9. The van der Waals surface area contributed by atoms with Gasteiger partial charge in [0.2, 0.25) is 5.88 Å². The normalized spacial score (nSPS) is 23.9. The Morgan fingerprint density at radius 1 is 1.15 bits per heavy atom. The van der Waals surface area contributed by atoms with Gasteiger partial charge in [-0.1, -0.05) is 6.07 Å². The number of aromatic nitrogens is 1. The Morgan fingerprint density at radius 2 is 1.75 bits per heavy atom. The molecule has 0 radical (unpaired) electrons. The third-order valence-corrected chi connectivity index (χ3v) is 4.63. The van der Waals surface area contributed by atoms with Crippen LogP contribution in [0.1, 0.15) is 52.0 Å². The highest BCUT2D eigenvalue weighted by atomic mass is 16.7. The van der Waals surface area contributed by atoms with Crippen molar-refractivity contribution in [1.82, 2.24) is 4.98 Å². The second kappa shape index (κ2) is 4.47. The van der Waals surface area contributed by atoms with Gasteiger partial charge in [-0.05, 0) is 52.0 Å². The summed E-state index contributed by atoms with van der Waals surface area (Å²) in [5.74, 6) is 1.21. The molecule has 4 nitrogen and oxygen atoms in total. The van der Waals surface area contributed by atoms with Crippen LogP contribution in [0.2, 0.25) is 0 Å². The zero-order valence-corrected chi connectivity index (χ0v) is 12.9. The quantitative estimate of drug-likeness (QED) is 0.793. The van der Waals surface area contributed by atoms with Crippen LogP contribution in [-0.4, -0.2) is 30.4 Å². The molecule has 1 aliphatic carbocycles. The molecule has 1 saturated carbocycles. The molecule has 3 rings (SSSR count). The summed E-state index contributed by atoms with van der Waals surface area (Å²) >= 11 is 0. The van der Waals surface area contributed by atoms with Gasteiger partial charge >= 0.3 is 7.12 Å². The molecule has 1 aromatic heterocycles.